The lowest BCUT2D eigenvalue weighted by molar-refractivity contribution is 0.112. The van der Waals surface area contributed by atoms with Crippen LogP contribution in [0.1, 0.15) is 18.9 Å². The lowest BCUT2D eigenvalue weighted by Crippen LogP contribution is -2.28. The zero-order valence-corrected chi connectivity index (χ0v) is 8.96. The second kappa shape index (κ2) is 3.81. The van der Waals surface area contributed by atoms with Crippen LogP contribution in [0.15, 0.2) is 24.3 Å². The first-order valence-electron chi connectivity index (χ1n) is 5.36. The Labute approximate surface area is 89.7 Å². The highest BCUT2D eigenvalue weighted by Gasteiger charge is 2.37. The van der Waals surface area contributed by atoms with E-state index in [0.29, 0.717) is 5.69 Å². The summed E-state index contributed by atoms with van der Waals surface area (Å²) >= 11 is 0. The molecule has 1 fully saturated rings. The van der Waals surface area contributed by atoms with Gasteiger partial charge in [0.05, 0.1) is 0 Å². The van der Waals surface area contributed by atoms with Crippen molar-refractivity contribution in [2.24, 2.45) is 5.92 Å². The van der Waals surface area contributed by atoms with Crippen molar-refractivity contribution in [2.45, 2.75) is 19.0 Å². The summed E-state index contributed by atoms with van der Waals surface area (Å²) in [5.74, 6) is 0.0705. The van der Waals surface area contributed by atoms with Crippen molar-refractivity contribution in [1.29, 1.82) is 0 Å². The van der Waals surface area contributed by atoms with Crippen molar-refractivity contribution in [3.63, 3.8) is 0 Å². The average molecular weight is 208 g/mol. The summed E-state index contributed by atoms with van der Waals surface area (Å²) in [6.45, 7) is 3.34. The highest BCUT2D eigenvalue weighted by Crippen LogP contribution is 2.37. The van der Waals surface area contributed by atoms with E-state index < -0.39 is 5.67 Å². The summed E-state index contributed by atoms with van der Waals surface area (Å²) < 4.78 is 14.6. The summed E-state index contributed by atoms with van der Waals surface area (Å²) in [6.07, 6.45) is 0.900. The molecule has 2 nitrogen and oxygen atoms in total. The summed E-state index contributed by atoms with van der Waals surface area (Å²) in [4.78, 5) is 0. The Hall–Kier alpha value is -1.09. The zero-order chi connectivity index (χ0) is 10.9. The lowest BCUT2D eigenvalue weighted by atomic mass is 9.84. The lowest BCUT2D eigenvalue weighted by Gasteiger charge is -2.27. The summed E-state index contributed by atoms with van der Waals surface area (Å²) in [5, 5.41) is 3.19. The predicted octanol–water partition coefficient (Wildman–Crippen LogP) is 2.06. The minimum Gasteiger partial charge on any atom is -0.399 e. The largest absolute Gasteiger partial charge is 0.399 e. The van der Waals surface area contributed by atoms with Crippen LogP contribution in [0.3, 0.4) is 0 Å². The SMILES string of the molecule is CC(F)(c1ccc(N)cc1)C1CCNC1. The normalized spacial score (nSPS) is 25.1. The first kappa shape index (κ1) is 10.4. The molecule has 82 valence electrons. The van der Waals surface area contributed by atoms with Crippen LogP contribution in [0.2, 0.25) is 0 Å². The molecule has 0 amide bonds. The maximum absolute atomic E-state index is 14.6. The van der Waals surface area contributed by atoms with E-state index >= 15 is 0 Å². The monoisotopic (exact) mass is 208 g/mol. The number of anilines is 1. The topological polar surface area (TPSA) is 38.0 Å². The molecule has 2 atom stereocenters. The Balaban J connectivity index is 2.23. The van der Waals surface area contributed by atoms with Gasteiger partial charge < -0.3 is 11.1 Å². The van der Waals surface area contributed by atoms with E-state index in [-0.39, 0.29) is 5.92 Å². The Bertz CT molecular complexity index is 326. The zero-order valence-electron chi connectivity index (χ0n) is 8.96. The van der Waals surface area contributed by atoms with Gasteiger partial charge in [-0.3, -0.25) is 0 Å². The van der Waals surface area contributed by atoms with Gasteiger partial charge in [-0.2, -0.15) is 0 Å². The van der Waals surface area contributed by atoms with Crippen molar-refractivity contribution in [1.82, 2.24) is 5.32 Å². The van der Waals surface area contributed by atoms with E-state index in [1.54, 1.807) is 31.2 Å². The molecule has 2 unspecified atom stereocenters. The third-order valence-electron chi connectivity index (χ3n) is 3.30. The Kier molecular flexibility index (Phi) is 2.65. The number of rotatable bonds is 2. The van der Waals surface area contributed by atoms with E-state index in [1.165, 1.54) is 0 Å². The molecule has 0 aromatic heterocycles. The molecule has 1 heterocycles. The van der Waals surface area contributed by atoms with Crippen LogP contribution in [0.4, 0.5) is 10.1 Å². The molecule has 0 aliphatic carbocycles. The molecule has 0 saturated carbocycles. The molecule has 1 aromatic carbocycles. The first-order valence-corrected chi connectivity index (χ1v) is 5.36. The van der Waals surface area contributed by atoms with E-state index in [2.05, 4.69) is 5.32 Å². The van der Waals surface area contributed by atoms with Gasteiger partial charge in [0.2, 0.25) is 0 Å². The van der Waals surface area contributed by atoms with Crippen molar-refractivity contribution < 1.29 is 4.39 Å². The number of hydrogen-bond donors (Lipinski definition) is 2. The number of nitrogens with two attached hydrogens (primary N) is 1. The number of benzene rings is 1. The third kappa shape index (κ3) is 1.97. The van der Waals surface area contributed by atoms with Gasteiger partial charge in [0.1, 0.15) is 5.67 Å². The maximum atomic E-state index is 14.6. The van der Waals surface area contributed by atoms with Gasteiger partial charge in [-0.15, -0.1) is 0 Å². The minimum absolute atomic E-state index is 0.0705. The molecular weight excluding hydrogens is 191 g/mol. The van der Waals surface area contributed by atoms with Gasteiger partial charge in [-0.05, 0) is 37.6 Å². The Morgan fingerprint density at radius 1 is 1.40 bits per heavy atom. The summed E-state index contributed by atoms with van der Waals surface area (Å²) in [7, 11) is 0. The second-order valence-electron chi connectivity index (χ2n) is 4.39. The molecule has 1 aliphatic heterocycles. The van der Waals surface area contributed by atoms with Gasteiger partial charge >= 0.3 is 0 Å². The Morgan fingerprint density at radius 3 is 2.60 bits per heavy atom. The Morgan fingerprint density at radius 2 is 2.07 bits per heavy atom. The van der Waals surface area contributed by atoms with Crippen LogP contribution in [0.5, 0.6) is 0 Å². The fraction of sp³-hybridized carbons (Fsp3) is 0.500. The number of hydrogen-bond acceptors (Lipinski definition) is 2. The van der Waals surface area contributed by atoms with Gasteiger partial charge in [-0.25, -0.2) is 4.39 Å². The second-order valence-corrected chi connectivity index (χ2v) is 4.39. The fourth-order valence-corrected chi connectivity index (χ4v) is 2.16. The van der Waals surface area contributed by atoms with E-state index in [1.807, 2.05) is 0 Å². The molecule has 0 bridgehead atoms. The maximum Gasteiger partial charge on any atom is 0.137 e. The quantitative estimate of drug-likeness (QED) is 0.730. The van der Waals surface area contributed by atoms with Crippen LogP contribution >= 0.6 is 0 Å². The standard InChI is InChI=1S/C12H17FN2/c1-12(13,10-6-7-15-8-10)9-2-4-11(14)5-3-9/h2-5,10,15H,6-8,14H2,1H3. The summed E-state index contributed by atoms with van der Waals surface area (Å²) in [5.41, 5.74) is 5.74. The molecule has 1 aromatic rings. The molecule has 1 saturated heterocycles. The smallest absolute Gasteiger partial charge is 0.137 e. The molecule has 2 rings (SSSR count). The van der Waals surface area contributed by atoms with Crippen molar-refractivity contribution >= 4 is 5.69 Å². The van der Waals surface area contributed by atoms with Crippen LogP contribution in [0.25, 0.3) is 0 Å². The van der Waals surface area contributed by atoms with Crippen LogP contribution < -0.4 is 11.1 Å². The van der Waals surface area contributed by atoms with Crippen LogP contribution in [0, 0.1) is 5.92 Å². The summed E-state index contributed by atoms with van der Waals surface area (Å²) in [6, 6.07) is 7.09. The van der Waals surface area contributed by atoms with Crippen molar-refractivity contribution in [3.05, 3.63) is 29.8 Å². The molecule has 3 heteroatoms. The van der Waals surface area contributed by atoms with Crippen LogP contribution in [-0.4, -0.2) is 13.1 Å². The number of alkyl halides is 1. The fourth-order valence-electron chi connectivity index (χ4n) is 2.16. The van der Waals surface area contributed by atoms with Gasteiger partial charge in [0.15, 0.2) is 0 Å². The number of halogens is 1. The molecule has 15 heavy (non-hydrogen) atoms. The average Bonchev–Trinajstić information content (AvgIpc) is 2.71. The van der Waals surface area contributed by atoms with E-state index in [0.717, 1.165) is 25.1 Å². The minimum atomic E-state index is -1.25. The van der Waals surface area contributed by atoms with E-state index in [4.69, 9.17) is 5.73 Å². The van der Waals surface area contributed by atoms with Gasteiger partial charge in [-0.1, -0.05) is 12.1 Å². The van der Waals surface area contributed by atoms with Gasteiger partial charge in [0, 0.05) is 18.2 Å². The molecule has 3 N–H and O–H groups in total. The number of nitrogen functional groups attached to an aromatic ring is 1. The molecule has 0 radical (unpaired) electrons. The van der Waals surface area contributed by atoms with Crippen LogP contribution in [-0.2, 0) is 5.67 Å². The highest BCUT2D eigenvalue weighted by molar-refractivity contribution is 5.41. The predicted molar refractivity (Wildman–Crippen MR) is 60.3 cm³/mol. The van der Waals surface area contributed by atoms with Crippen molar-refractivity contribution in [2.75, 3.05) is 18.8 Å². The number of nitrogens with one attached hydrogen (secondary N) is 1. The van der Waals surface area contributed by atoms with Crippen molar-refractivity contribution in [3.8, 4) is 0 Å². The first-order chi connectivity index (χ1) is 7.10. The van der Waals surface area contributed by atoms with Gasteiger partial charge in [0.25, 0.3) is 0 Å². The molecular formula is C12H17FN2. The molecule has 0 spiro atoms. The molecule has 1 aliphatic rings. The highest BCUT2D eigenvalue weighted by atomic mass is 19.1. The van der Waals surface area contributed by atoms with E-state index in [9.17, 15) is 4.39 Å². The third-order valence-corrected chi connectivity index (χ3v) is 3.30.